The monoisotopic (exact) mass is 313 g/mol. The third-order valence-electron chi connectivity index (χ3n) is 1.90. The molecule has 4 heteroatoms. The quantitative estimate of drug-likeness (QED) is 0.443. The maximum Gasteiger partial charge on any atom is 0.246 e. The Kier molecular flexibility index (Phi) is 8.56. The highest BCUT2D eigenvalue weighted by Gasteiger charge is 2.14. The van der Waals surface area contributed by atoms with Crippen LogP contribution in [-0.4, -0.2) is 29.6 Å². The van der Waals surface area contributed by atoms with Crippen molar-refractivity contribution in [2.75, 3.05) is 17.6 Å². The molecule has 84 valence electrons. The first kappa shape index (κ1) is 14.2. The van der Waals surface area contributed by atoms with Crippen LogP contribution in [0.15, 0.2) is 0 Å². The molecule has 0 aliphatic rings. The largest absolute Gasteiger partial charge is 0.372 e. The molecule has 3 nitrogen and oxygen atoms in total. The summed E-state index contributed by atoms with van der Waals surface area (Å²) in [5.41, 5.74) is 0. The number of carbonyl (C=O) groups is 1. The number of amides is 1. The molecule has 1 amide bonds. The van der Waals surface area contributed by atoms with Crippen LogP contribution in [0, 0.1) is 5.92 Å². The van der Waals surface area contributed by atoms with E-state index in [-0.39, 0.29) is 18.6 Å². The van der Waals surface area contributed by atoms with Crippen molar-refractivity contribution in [3.8, 4) is 0 Å². The Morgan fingerprint density at radius 2 is 2.14 bits per heavy atom. The highest BCUT2D eigenvalue weighted by Crippen LogP contribution is 2.04. The van der Waals surface area contributed by atoms with Gasteiger partial charge in [0, 0.05) is 17.1 Å². The number of nitrogens with one attached hydrogen (secondary N) is 1. The molecular formula is C10H20INO2. The zero-order chi connectivity index (χ0) is 11.0. The molecule has 1 atom stereocenters. The van der Waals surface area contributed by atoms with E-state index in [1.165, 1.54) is 0 Å². The lowest BCUT2D eigenvalue weighted by Crippen LogP contribution is -2.41. The van der Waals surface area contributed by atoms with Gasteiger partial charge in [-0.25, -0.2) is 0 Å². The van der Waals surface area contributed by atoms with E-state index in [2.05, 4.69) is 41.8 Å². The van der Waals surface area contributed by atoms with Gasteiger partial charge in [-0.2, -0.15) is 0 Å². The van der Waals surface area contributed by atoms with E-state index in [0.29, 0.717) is 12.5 Å². The second-order valence-electron chi connectivity index (χ2n) is 3.62. The topological polar surface area (TPSA) is 38.3 Å². The Bertz CT molecular complexity index is 162. The number of alkyl halides is 1. The summed E-state index contributed by atoms with van der Waals surface area (Å²) in [6.07, 6.45) is 0.952. The van der Waals surface area contributed by atoms with Crippen LogP contribution in [0.3, 0.4) is 0 Å². The molecule has 0 aliphatic carbocycles. The van der Waals surface area contributed by atoms with Crippen LogP contribution in [-0.2, 0) is 9.53 Å². The third kappa shape index (κ3) is 6.59. The Labute approximate surface area is 100 Å². The van der Waals surface area contributed by atoms with Gasteiger partial charge >= 0.3 is 0 Å². The molecule has 0 saturated heterocycles. The first-order valence-electron chi connectivity index (χ1n) is 5.04. The molecule has 0 aliphatic heterocycles. The number of halogens is 1. The molecular weight excluding hydrogens is 293 g/mol. The van der Waals surface area contributed by atoms with E-state index in [1.807, 2.05) is 6.92 Å². The van der Waals surface area contributed by atoms with Crippen molar-refractivity contribution < 1.29 is 9.53 Å². The van der Waals surface area contributed by atoms with Gasteiger partial charge in [0.1, 0.15) is 6.61 Å². The molecule has 0 aromatic heterocycles. The fraction of sp³-hybridized carbons (Fsp3) is 0.900. The second-order valence-corrected chi connectivity index (χ2v) is 4.51. The van der Waals surface area contributed by atoms with E-state index >= 15 is 0 Å². The van der Waals surface area contributed by atoms with Gasteiger partial charge in [0.05, 0.1) is 0 Å². The van der Waals surface area contributed by atoms with Gasteiger partial charge in [-0.1, -0.05) is 43.4 Å². The molecule has 0 aromatic carbocycles. The second kappa shape index (κ2) is 8.47. The van der Waals surface area contributed by atoms with Crippen LogP contribution in [0.2, 0.25) is 0 Å². The standard InChI is InChI=1S/C10H20INO2/c1-4-5-14-7-10(13)12-9(6-11)8(2)3/h8-9H,4-7H2,1-3H3,(H,12,13). The van der Waals surface area contributed by atoms with Crippen LogP contribution < -0.4 is 5.32 Å². The van der Waals surface area contributed by atoms with Crippen molar-refractivity contribution in [3.63, 3.8) is 0 Å². The first-order chi connectivity index (χ1) is 6.61. The van der Waals surface area contributed by atoms with Crippen molar-refractivity contribution in [3.05, 3.63) is 0 Å². The van der Waals surface area contributed by atoms with E-state index in [1.54, 1.807) is 0 Å². The summed E-state index contributed by atoms with van der Waals surface area (Å²) in [5.74, 6) is 0.468. The molecule has 1 unspecified atom stereocenters. The highest BCUT2D eigenvalue weighted by molar-refractivity contribution is 14.1. The van der Waals surface area contributed by atoms with Gasteiger partial charge in [-0.3, -0.25) is 4.79 Å². The van der Waals surface area contributed by atoms with Crippen LogP contribution >= 0.6 is 22.6 Å². The fourth-order valence-corrected chi connectivity index (χ4v) is 2.18. The van der Waals surface area contributed by atoms with Crippen molar-refractivity contribution >= 4 is 28.5 Å². The summed E-state index contributed by atoms with van der Waals surface area (Å²) < 4.78 is 6.09. The van der Waals surface area contributed by atoms with Crippen LogP contribution in [0.5, 0.6) is 0 Å². The molecule has 0 fully saturated rings. The van der Waals surface area contributed by atoms with E-state index in [4.69, 9.17) is 4.74 Å². The summed E-state index contributed by atoms with van der Waals surface area (Å²) in [7, 11) is 0. The lowest BCUT2D eigenvalue weighted by Gasteiger charge is -2.19. The average Bonchev–Trinajstić information content (AvgIpc) is 2.14. The van der Waals surface area contributed by atoms with Gasteiger partial charge in [-0.15, -0.1) is 0 Å². The average molecular weight is 313 g/mol. The van der Waals surface area contributed by atoms with Gasteiger partial charge in [-0.05, 0) is 12.3 Å². The van der Waals surface area contributed by atoms with Crippen LogP contribution in [0.4, 0.5) is 0 Å². The lowest BCUT2D eigenvalue weighted by atomic mass is 10.1. The van der Waals surface area contributed by atoms with Gasteiger partial charge in [0.15, 0.2) is 0 Å². The van der Waals surface area contributed by atoms with Crippen LogP contribution in [0.25, 0.3) is 0 Å². The maximum absolute atomic E-state index is 11.4. The van der Waals surface area contributed by atoms with Crippen molar-refractivity contribution in [2.45, 2.75) is 33.2 Å². The molecule has 0 saturated carbocycles. The summed E-state index contributed by atoms with van der Waals surface area (Å²) in [5, 5.41) is 2.95. The van der Waals surface area contributed by atoms with E-state index in [0.717, 1.165) is 10.8 Å². The Hall–Kier alpha value is 0.160. The first-order valence-corrected chi connectivity index (χ1v) is 6.57. The van der Waals surface area contributed by atoms with E-state index < -0.39 is 0 Å². The number of carbonyl (C=O) groups excluding carboxylic acids is 1. The summed E-state index contributed by atoms with van der Waals surface area (Å²) in [6.45, 7) is 7.09. The lowest BCUT2D eigenvalue weighted by molar-refractivity contribution is -0.126. The Morgan fingerprint density at radius 1 is 1.50 bits per heavy atom. The Balaban J connectivity index is 3.68. The molecule has 0 bridgehead atoms. The minimum absolute atomic E-state index is 0.00573. The molecule has 0 radical (unpaired) electrons. The van der Waals surface area contributed by atoms with E-state index in [9.17, 15) is 4.79 Å². The minimum Gasteiger partial charge on any atom is -0.372 e. The minimum atomic E-state index is -0.00573. The highest BCUT2D eigenvalue weighted by atomic mass is 127. The fourth-order valence-electron chi connectivity index (χ4n) is 0.941. The van der Waals surface area contributed by atoms with Crippen molar-refractivity contribution in [2.24, 2.45) is 5.92 Å². The normalized spacial score (nSPS) is 12.9. The van der Waals surface area contributed by atoms with Gasteiger partial charge in [0.25, 0.3) is 0 Å². The zero-order valence-corrected chi connectivity index (χ0v) is 11.3. The molecule has 14 heavy (non-hydrogen) atoms. The number of ether oxygens (including phenoxy) is 1. The predicted molar refractivity (Wildman–Crippen MR) is 66.8 cm³/mol. The number of rotatable bonds is 7. The SMILES string of the molecule is CCCOCC(=O)NC(CI)C(C)C. The Morgan fingerprint density at radius 3 is 2.57 bits per heavy atom. The summed E-state index contributed by atoms with van der Waals surface area (Å²) in [4.78, 5) is 11.4. The zero-order valence-electron chi connectivity index (χ0n) is 9.18. The molecule has 0 aromatic rings. The predicted octanol–water partition coefficient (Wildman–Crippen LogP) is 1.99. The summed E-state index contributed by atoms with van der Waals surface area (Å²) >= 11 is 2.29. The third-order valence-corrected chi connectivity index (χ3v) is 2.85. The molecule has 0 spiro atoms. The van der Waals surface area contributed by atoms with Crippen LogP contribution in [0.1, 0.15) is 27.2 Å². The molecule has 0 rings (SSSR count). The molecule has 0 heterocycles. The van der Waals surface area contributed by atoms with Gasteiger partial charge < -0.3 is 10.1 Å². The van der Waals surface area contributed by atoms with Crippen molar-refractivity contribution in [1.82, 2.24) is 5.32 Å². The number of hydrogen-bond donors (Lipinski definition) is 1. The molecule has 1 N–H and O–H groups in total. The maximum atomic E-state index is 11.4. The summed E-state index contributed by atoms with van der Waals surface area (Å²) in [6, 6.07) is 0.258. The van der Waals surface area contributed by atoms with Gasteiger partial charge in [0.2, 0.25) is 5.91 Å². The number of hydrogen-bond acceptors (Lipinski definition) is 2. The van der Waals surface area contributed by atoms with Crippen molar-refractivity contribution in [1.29, 1.82) is 0 Å². The smallest absolute Gasteiger partial charge is 0.246 e.